The van der Waals surface area contributed by atoms with Crippen LogP contribution in [0.4, 0.5) is 0 Å². The first-order valence-electron chi connectivity index (χ1n) is 6.33. The maximum atomic E-state index is 5.87. The first kappa shape index (κ1) is 14.6. The van der Waals surface area contributed by atoms with Gasteiger partial charge in [-0.2, -0.15) is 11.8 Å². The van der Waals surface area contributed by atoms with E-state index in [-0.39, 0.29) is 0 Å². The van der Waals surface area contributed by atoms with Crippen molar-refractivity contribution >= 4 is 11.8 Å². The van der Waals surface area contributed by atoms with Gasteiger partial charge in [-0.15, -0.1) is 0 Å². The molecule has 0 saturated carbocycles. The van der Waals surface area contributed by atoms with Crippen LogP contribution < -0.4 is 5.73 Å². The molecule has 98 valence electrons. The van der Waals surface area contributed by atoms with Crippen LogP contribution in [0.3, 0.4) is 0 Å². The van der Waals surface area contributed by atoms with Gasteiger partial charge in [-0.1, -0.05) is 20.8 Å². The molecule has 2 atom stereocenters. The molecular weight excluding hydrogens is 230 g/mol. The van der Waals surface area contributed by atoms with Gasteiger partial charge < -0.3 is 10.3 Å². The van der Waals surface area contributed by atoms with E-state index in [0.717, 1.165) is 6.54 Å². The topological polar surface area (TPSA) is 43.8 Å². The molecule has 0 aliphatic carbocycles. The summed E-state index contributed by atoms with van der Waals surface area (Å²) in [6.07, 6.45) is 7.25. The highest BCUT2D eigenvalue weighted by molar-refractivity contribution is 7.99. The van der Waals surface area contributed by atoms with Gasteiger partial charge in [-0.3, -0.25) is 0 Å². The van der Waals surface area contributed by atoms with E-state index < -0.39 is 0 Å². The summed E-state index contributed by atoms with van der Waals surface area (Å²) >= 11 is 1.91. The Morgan fingerprint density at radius 1 is 1.41 bits per heavy atom. The molecule has 4 heteroatoms. The van der Waals surface area contributed by atoms with E-state index in [1.807, 2.05) is 24.3 Å². The molecular formula is C13H25N3S. The van der Waals surface area contributed by atoms with E-state index in [2.05, 4.69) is 36.6 Å². The van der Waals surface area contributed by atoms with Crippen LogP contribution in [0.15, 0.2) is 12.5 Å². The number of hydrogen-bond acceptors (Lipinski definition) is 3. The van der Waals surface area contributed by atoms with E-state index in [9.17, 15) is 0 Å². The molecule has 0 amide bonds. The Morgan fingerprint density at radius 3 is 2.65 bits per heavy atom. The Kier molecular flexibility index (Phi) is 6.06. The summed E-state index contributed by atoms with van der Waals surface area (Å²) < 4.78 is 2.27. The molecule has 0 aliphatic rings. The number of aryl methyl sites for hydroxylation is 1. The summed E-state index contributed by atoms with van der Waals surface area (Å²) in [5.74, 6) is 0.982. The number of imidazole rings is 1. The second-order valence-corrected chi connectivity index (χ2v) is 6.21. The lowest BCUT2D eigenvalue weighted by molar-refractivity contribution is 0.468. The second-order valence-electron chi connectivity index (χ2n) is 4.93. The lowest BCUT2D eigenvalue weighted by atomic mass is 9.93. The summed E-state index contributed by atoms with van der Waals surface area (Å²) in [6.45, 7) is 8.45. The zero-order valence-electron chi connectivity index (χ0n) is 11.4. The molecule has 1 rings (SSSR count). The van der Waals surface area contributed by atoms with Gasteiger partial charge >= 0.3 is 0 Å². The largest absolute Gasteiger partial charge is 0.334 e. The van der Waals surface area contributed by atoms with E-state index in [1.165, 1.54) is 12.1 Å². The number of hydrogen-bond donors (Lipinski definition) is 1. The molecule has 2 unspecified atom stereocenters. The highest BCUT2D eigenvalue weighted by atomic mass is 32.2. The SMILES string of the molecule is CSC(C)CCn1cncc1C(CN)C(C)C. The van der Waals surface area contributed by atoms with Gasteiger partial charge in [0, 0.05) is 36.1 Å². The number of nitrogens with two attached hydrogens (primary N) is 1. The Bertz CT molecular complexity index is 322. The quantitative estimate of drug-likeness (QED) is 0.814. The molecule has 0 radical (unpaired) electrons. The average molecular weight is 255 g/mol. The fraction of sp³-hybridized carbons (Fsp3) is 0.769. The molecule has 0 aromatic carbocycles. The van der Waals surface area contributed by atoms with Crippen LogP contribution in [0.25, 0.3) is 0 Å². The standard InChI is InChI=1S/C13H25N3S/c1-10(2)12(7-14)13-8-15-9-16(13)6-5-11(3)17-4/h8-12H,5-7,14H2,1-4H3. The summed E-state index contributed by atoms with van der Waals surface area (Å²) in [5.41, 5.74) is 7.16. The predicted octanol–water partition coefficient (Wildman–Crippen LogP) is 2.72. The average Bonchev–Trinajstić information content (AvgIpc) is 2.74. The first-order chi connectivity index (χ1) is 8.10. The summed E-state index contributed by atoms with van der Waals surface area (Å²) in [6, 6.07) is 0. The van der Waals surface area contributed by atoms with Crippen molar-refractivity contribution in [1.29, 1.82) is 0 Å². The van der Waals surface area contributed by atoms with Crippen LogP contribution in [0.1, 0.15) is 38.8 Å². The predicted molar refractivity (Wildman–Crippen MR) is 76.5 cm³/mol. The van der Waals surface area contributed by atoms with Gasteiger partial charge in [0.15, 0.2) is 0 Å². The van der Waals surface area contributed by atoms with Gasteiger partial charge in [0.1, 0.15) is 0 Å². The van der Waals surface area contributed by atoms with Crippen molar-refractivity contribution in [2.24, 2.45) is 11.7 Å². The molecule has 2 N–H and O–H groups in total. The zero-order valence-corrected chi connectivity index (χ0v) is 12.2. The molecule has 0 aliphatic heterocycles. The maximum absolute atomic E-state index is 5.87. The van der Waals surface area contributed by atoms with Crippen molar-refractivity contribution in [3.05, 3.63) is 18.2 Å². The smallest absolute Gasteiger partial charge is 0.0948 e. The minimum atomic E-state index is 0.419. The fourth-order valence-corrected chi connectivity index (χ4v) is 2.34. The molecule has 0 saturated heterocycles. The Labute approximate surface area is 109 Å². The summed E-state index contributed by atoms with van der Waals surface area (Å²) in [5, 5.41) is 0.695. The van der Waals surface area contributed by atoms with Gasteiger partial charge in [0.25, 0.3) is 0 Å². The third-order valence-electron chi connectivity index (χ3n) is 3.36. The van der Waals surface area contributed by atoms with Crippen LogP contribution in [-0.2, 0) is 6.54 Å². The number of rotatable bonds is 7. The van der Waals surface area contributed by atoms with Crippen molar-refractivity contribution in [2.75, 3.05) is 12.8 Å². The fourth-order valence-electron chi connectivity index (χ4n) is 2.00. The maximum Gasteiger partial charge on any atom is 0.0948 e. The van der Waals surface area contributed by atoms with Crippen molar-refractivity contribution in [3.8, 4) is 0 Å². The zero-order chi connectivity index (χ0) is 12.8. The van der Waals surface area contributed by atoms with Gasteiger partial charge in [0.2, 0.25) is 0 Å². The molecule has 0 fully saturated rings. The Morgan fingerprint density at radius 2 is 2.12 bits per heavy atom. The third-order valence-corrected chi connectivity index (χ3v) is 4.40. The second kappa shape index (κ2) is 7.07. The van der Waals surface area contributed by atoms with Gasteiger partial charge in [0.05, 0.1) is 6.33 Å². The van der Waals surface area contributed by atoms with Crippen LogP contribution in [0, 0.1) is 5.92 Å². The highest BCUT2D eigenvalue weighted by Gasteiger charge is 2.18. The van der Waals surface area contributed by atoms with Crippen molar-refractivity contribution in [3.63, 3.8) is 0 Å². The van der Waals surface area contributed by atoms with Gasteiger partial charge in [-0.25, -0.2) is 4.98 Å². The summed E-state index contributed by atoms with van der Waals surface area (Å²) in [4.78, 5) is 4.28. The molecule has 17 heavy (non-hydrogen) atoms. The van der Waals surface area contributed by atoms with Crippen LogP contribution >= 0.6 is 11.8 Å². The van der Waals surface area contributed by atoms with Crippen molar-refractivity contribution < 1.29 is 0 Å². The molecule has 0 bridgehead atoms. The van der Waals surface area contributed by atoms with Crippen molar-refractivity contribution in [1.82, 2.24) is 9.55 Å². The van der Waals surface area contributed by atoms with E-state index >= 15 is 0 Å². The third kappa shape index (κ3) is 4.03. The summed E-state index contributed by atoms with van der Waals surface area (Å²) in [7, 11) is 0. The van der Waals surface area contributed by atoms with Crippen molar-refractivity contribution in [2.45, 2.75) is 44.9 Å². The minimum absolute atomic E-state index is 0.419. The number of aromatic nitrogens is 2. The normalized spacial score (nSPS) is 15.2. The Hall–Kier alpha value is -0.480. The lowest BCUT2D eigenvalue weighted by Gasteiger charge is -2.21. The highest BCUT2D eigenvalue weighted by Crippen LogP contribution is 2.23. The van der Waals surface area contributed by atoms with E-state index in [1.54, 1.807) is 0 Å². The molecule has 1 aromatic rings. The Balaban J connectivity index is 2.71. The van der Waals surface area contributed by atoms with Crippen LogP contribution in [0.2, 0.25) is 0 Å². The molecule has 1 heterocycles. The molecule has 3 nitrogen and oxygen atoms in total. The molecule has 1 aromatic heterocycles. The monoisotopic (exact) mass is 255 g/mol. The first-order valence-corrected chi connectivity index (χ1v) is 7.61. The van der Waals surface area contributed by atoms with E-state index in [0.29, 0.717) is 23.6 Å². The minimum Gasteiger partial charge on any atom is -0.334 e. The van der Waals surface area contributed by atoms with Gasteiger partial charge in [-0.05, 0) is 18.6 Å². The van der Waals surface area contributed by atoms with Crippen LogP contribution in [-0.4, -0.2) is 27.6 Å². The number of nitrogens with zero attached hydrogens (tertiary/aromatic N) is 2. The number of thioether (sulfide) groups is 1. The van der Waals surface area contributed by atoms with E-state index in [4.69, 9.17) is 5.73 Å². The van der Waals surface area contributed by atoms with Crippen LogP contribution in [0.5, 0.6) is 0 Å². The molecule has 0 spiro atoms. The lowest BCUT2D eigenvalue weighted by Crippen LogP contribution is -2.21.